The Morgan fingerprint density at radius 2 is 2.03 bits per heavy atom. The highest BCUT2D eigenvalue weighted by Gasteiger charge is 2.45. The minimum Gasteiger partial charge on any atom is -0.410 e. The minimum absolute atomic E-state index is 0.0603. The van der Waals surface area contributed by atoms with Gasteiger partial charge in [-0.15, -0.1) is 11.8 Å². The van der Waals surface area contributed by atoms with Crippen LogP contribution in [0.3, 0.4) is 0 Å². The highest BCUT2D eigenvalue weighted by Crippen LogP contribution is 2.45. The van der Waals surface area contributed by atoms with Crippen molar-refractivity contribution >= 4 is 24.2 Å². The number of aliphatic hydroxyl groups is 1. The number of hydrogen-bond donors (Lipinski definition) is 1. The van der Waals surface area contributed by atoms with Gasteiger partial charge in [0.15, 0.2) is 14.6 Å². The zero-order chi connectivity index (χ0) is 28.1. The Morgan fingerprint density at radius 1 is 1.29 bits per heavy atom. The van der Waals surface area contributed by atoms with Crippen molar-refractivity contribution in [1.82, 2.24) is 0 Å². The van der Waals surface area contributed by atoms with Crippen molar-refractivity contribution < 1.29 is 23.4 Å². The van der Waals surface area contributed by atoms with Gasteiger partial charge in [-0.25, -0.2) is 4.39 Å². The van der Waals surface area contributed by atoms with Crippen molar-refractivity contribution in [2.45, 2.75) is 115 Å². The van der Waals surface area contributed by atoms with E-state index in [1.165, 1.54) is 0 Å². The Kier molecular flexibility index (Phi) is 11.2. The van der Waals surface area contributed by atoms with Gasteiger partial charge in [0.2, 0.25) is 0 Å². The summed E-state index contributed by atoms with van der Waals surface area (Å²) in [4.78, 5) is 0. The van der Waals surface area contributed by atoms with Crippen LogP contribution in [-0.4, -0.2) is 44.6 Å². The van der Waals surface area contributed by atoms with E-state index in [1.807, 2.05) is 13.0 Å². The number of halogens is 2. The van der Waals surface area contributed by atoms with Crippen molar-refractivity contribution in [1.29, 1.82) is 0 Å². The van der Waals surface area contributed by atoms with Crippen LogP contribution >= 0.6 is 15.9 Å². The Balaban J connectivity index is 1.97. The zero-order valence-electron chi connectivity index (χ0n) is 24.1. The normalized spacial score (nSPS) is 28.2. The summed E-state index contributed by atoms with van der Waals surface area (Å²) >= 11 is 3.33. The van der Waals surface area contributed by atoms with E-state index in [1.54, 1.807) is 12.1 Å². The first-order chi connectivity index (χ1) is 17.9. The van der Waals surface area contributed by atoms with Crippen LogP contribution < -0.4 is 0 Å². The quantitative estimate of drug-likeness (QED) is 0.175. The third kappa shape index (κ3) is 7.80. The first-order valence-electron chi connectivity index (χ1n) is 14.0. The van der Waals surface area contributed by atoms with Crippen molar-refractivity contribution in [3.05, 3.63) is 46.2 Å². The van der Waals surface area contributed by atoms with E-state index in [0.717, 1.165) is 25.7 Å². The summed E-state index contributed by atoms with van der Waals surface area (Å²) in [7, 11) is -2.08. The zero-order valence-corrected chi connectivity index (χ0v) is 26.7. The second kappa shape index (κ2) is 13.6. The molecule has 2 aliphatic rings. The van der Waals surface area contributed by atoms with Gasteiger partial charge in [0, 0.05) is 31.3 Å². The van der Waals surface area contributed by atoms with E-state index in [9.17, 15) is 5.11 Å². The van der Waals surface area contributed by atoms with Crippen molar-refractivity contribution in [3.63, 3.8) is 0 Å². The van der Waals surface area contributed by atoms with E-state index >= 15 is 4.39 Å². The largest absolute Gasteiger partial charge is 0.410 e. The SMILES string of the molecule is CC#CCC(C)C(/C=C/C1C(OC2CCCCO2)C[C@H](O)[C@@H]1c1cccc(Br)c1F)O[Si](C)(C)C(C)(C)C. The third-order valence-electron chi connectivity index (χ3n) is 8.46. The van der Waals surface area contributed by atoms with Crippen LogP contribution in [0.1, 0.15) is 78.2 Å². The maximum absolute atomic E-state index is 15.3. The highest BCUT2D eigenvalue weighted by atomic mass is 79.9. The maximum Gasteiger partial charge on any atom is 0.192 e. The molecule has 1 saturated heterocycles. The second-order valence-corrected chi connectivity index (χ2v) is 18.0. The molecule has 212 valence electrons. The molecule has 3 rings (SSSR count). The topological polar surface area (TPSA) is 47.9 Å². The summed E-state index contributed by atoms with van der Waals surface area (Å²) in [6.45, 7) is 16.0. The van der Waals surface area contributed by atoms with Crippen LogP contribution in [0.2, 0.25) is 18.1 Å². The van der Waals surface area contributed by atoms with Crippen LogP contribution in [0, 0.1) is 29.5 Å². The Hall–Kier alpha value is -1.01. The predicted octanol–water partition coefficient (Wildman–Crippen LogP) is 7.96. The van der Waals surface area contributed by atoms with Gasteiger partial charge in [-0.05, 0) is 77.8 Å². The summed E-state index contributed by atoms with van der Waals surface area (Å²) in [5, 5.41) is 11.3. The predicted molar refractivity (Wildman–Crippen MR) is 158 cm³/mol. The second-order valence-electron chi connectivity index (χ2n) is 12.4. The number of hydrogen-bond acceptors (Lipinski definition) is 4. The molecule has 0 radical (unpaired) electrons. The van der Waals surface area contributed by atoms with E-state index in [-0.39, 0.29) is 41.2 Å². The van der Waals surface area contributed by atoms with Crippen molar-refractivity contribution in [3.8, 4) is 11.8 Å². The molecule has 2 fully saturated rings. The first kappa shape index (κ1) is 31.5. The summed E-state index contributed by atoms with van der Waals surface area (Å²) in [5.41, 5.74) is 0.504. The molecule has 1 N–H and O–H groups in total. The monoisotopic (exact) mass is 608 g/mol. The molecular formula is C31H46BrFO4Si. The number of benzene rings is 1. The lowest BCUT2D eigenvalue weighted by molar-refractivity contribution is -0.192. The van der Waals surface area contributed by atoms with Gasteiger partial charge in [0.1, 0.15) is 5.82 Å². The van der Waals surface area contributed by atoms with Gasteiger partial charge in [-0.1, -0.05) is 52.0 Å². The average Bonchev–Trinajstić information content (AvgIpc) is 3.15. The molecule has 5 unspecified atom stereocenters. The smallest absolute Gasteiger partial charge is 0.192 e. The van der Waals surface area contributed by atoms with Gasteiger partial charge in [-0.2, -0.15) is 0 Å². The summed E-state index contributed by atoms with van der Waals surface area (Å²) in [6, 6.07) is 5.29. The molecule has 4 nitrogen and oxygen atoms in total. The summed E-state index contributed by atoms with van der Waals surface area (Å²) in [6.07, 6.45) is 6.88. The lowest BCUT2D eigenvalue weighted by Crippen LogP contribution is -2.45. The molecule has 1 aliphatic carbocycles. The Morgan fingerprint density at radius 3 is 2.66 bits per heavy atom. The third-order valence-corrected chi connectivity index (χ3v) is 13.5. The molecule has 1 aromatic carbocycles. The molecule has 1 aromatic rings. The van der Waals surface area contributed by atoms with Crippen LogP contribution in [0.25, 0.3) is 0 Å². The molecule has 0 bridgehead atoms. The fourth-order valence-electron chi connectivity index (χ4n) is 5.10. The highest BCUT2D eigenvalue weighted by molar-refractivity contribution is 9.10. The van der Waals surface area contributed by atoms with E-state index in [0.29, 0.717) is 23.1 Å². The lowest BCUT2D eigenvalue weighted by Gasteiger charge is -2.40. The molecule has 0 aromatic heterocycles. The van der Waals surface area contributed by atoms with Crippen molar-refractivity contribution in [2.24, 2.45) is 11.8 Å². The van der Waals surface area contributed by atoms with Crippen LogP contribution in [0.5, 0.6) is 0 Å². The molecule has 1 aliphatic heterocycles. The molecule has 0 spiro atoms. The minimum atomic E-state index is -2.08. The van der Waals surface area contributed by atoms with Gasteiger partial charge in [0.05, 0.1) is 22.8 Å². The van der Waals surface area contributed by atoms with Gasteiger partial charge < -0.3 is 19.0 Å². The maximum atomic E-state index is 15.3. The molecule has 1 heterocycles. The molecule has 7 heteroatoms. The van der Waals surface area contributed by atoms with Gasteiger partial charge >= 0.3 is 0 Å². The first-order valence-corrected chi connectivity index (χ1v) is 17.7. The summed E-state index contributed by atoms with van der Waals surface area (Å²) < 4.78 is 34.9. The van der Waals surface area contributed by atoms with E-state index in [4.69, 9.17) is 13.9 Å². The van der Waals surface area contributed by atoms with E-state index < -0.39 is 20.3 Å². The van der Waals surface area contributed by atoms with Crippen LogP contribution in [0.15, 0.2) is 34.8 Å². The molecule has 7 atom stereocenters. The number of rotatable bonds is 9. The Bertz CT molecular complexity index is 1010. The fraction of sp³-hybridized carbons (Fsp3) is 0.677. The average molecular weight is 610 g/mol. The fourth-order valence-corrected chi connectivity index (χ4v) is 6.83. The van der Waals surface area contributed by atoms with Gasteiger partial charge in [-0.3, -0.25) is 0 Å². The number of aliphatic hydroxyl groups excluding tert-OH is 1. The molecular weight excluding hydrogens is 563 g/mol. The van der Waals surface area contributed by atoms with Crippen LogP contribution in [0.4, 0.5) is 4.39 Å². The van der Waals surface area contributed by atoms with E-state index in [2.05, 4.69) is 80.7 Å². The lowest BCUT2D eigenvalue weighted by atomic mass is 9.85. The standard InChI is InChI=1S/C31H46BrFO4Si/c1-8-9-13-21(2)26(37-38(6,7)31(3,4)5)18-17-22-27(36-28-16-10-11-19-35-28)20-25(34)29(22)23-14-12-15-24(32)30(23)33/h12,14-15,17-18,21-22,25-29,34H,10-11,13,16,19-20H2,1-7H3/b18-17+/t21?,22?,25-,26?,27?,28?,29-/m0/s1. The number of ether oxygens (including phenoxy) is 2. The molecule has 0 amide bonds. The Labute approximate surface area is 239 Å². The van der Waals surface area contributed by atoms with Crippen LogP contribution in [-0.2, 0) is 13.9 Å². The van der Waals surface area contributed by atoms with Gasteiger partial charge in [0.25, 0.3) is 0 Å². The molecule has 1 saturated carbocycles. The summed E-state index contributed by atoms with van der Waals surface area (Å²) in [5.74, 6) is 5.42. The molecule has 38 heavy (non-hydrogen) atoms. The van der Waals surface area contributed by atoms with Crippen molar-refractivity contribution in [2.75, 3.05) is 6.61 Å².